The Balaban J connectivity index is 2.08. The fraction of sp³-hybridized carbons (Fsp3) is 0.444. The summed E-state index contributed by atoms with van der Waals surface area (Å²) < 4.78 is 10.4. The molecular weight excluding hydrogens is 350 g/mol. The van der Waals surface area contributed by atoms with Crippen molar-refractivity contribution in [1.82, 2.24) is 25.6 Å². The minimum Gasteiger partial charge on any atom is -0.497 e. The van der Waals surface area contributed by atoms with E-state index in [1.807, 2.05) is 13.8 Å². The van der Waals surface area contributed by atoms with Gasteiger partial charge in [0, 0.05) is 18.7 Å². The summed E-state index contributed by atoms with van der Waals surface area (Å²) in [5, 5.41) is 13.6. The number of hydrogen-bond acceptors (Lipinski definition) is 6. The van der Waals surface area contributed by atoms with E-state index in [4.69, 9.17) is 9.47 Å². The summed E-state index contributed by atoms with van der Waals surface area (Å²) in [5.41, 5.74) is 0.982. The van der Waals surface area contributed by atoms with Crippen LogP contribution in [0.1, 0.15) is 29.9 Å². The topological polar surface area (TPSA) is 107 Å². The monoisotopic (exact) mass is 375 g/mol. The van der Waals surface area contributed by atoms with Crippen molar-refractivity contribution in [2.24, 2.45) is 13.0 Å². The molecule has 9 nitrogen and oxygen atoms in total. The van der Waals surface area contributed by atoms with E-state index in [9.17, 15) is 9.59 Å². The van der Waals surface area contributed by atoms with E-state index in [0.717, 1.165) is 0 Å². The molecule has 2 amide bonds. The van der Waals surface area contributed by atoms with Crippen LogP contribution in [0.3, 0.4) is 0 Å². The molecule has 1 aromatic heterocycles. The summed E-state index contributed by atoms with van der Waals surface area (Å²) >= 11 is 0. The second-order valence-corrected chi connectivity index (χ2v) is 6.34. The molecule has 0 aliphatic carbocycles. The largest absolute Gasteiger partial charge is 0.497 e. The zero-order valence-corrected chi connectivity index (χ0v) is 16.1. The van der Waals surface area contributed by atoms with E-state index in [2.05, 4.69) is 20.8 Å². The molecule has 0 aliphatic rings. The lowest BCUT2D eigenvalue weighted by molar-refractivity contribution is -0.124. The van der Waals surface area contributed by atoms with Crippen molar-refractivity contribution in [1.29, 1.82) is 0 Å². The lowest BCUT2D eigenvalue weighted by atomic mass is 10.0. The zero-order valence-electron chi connectivity index (χ0n) is 16.1. The number of carbonyl (C=O) groups is 2. The third-order valence-corrected chi connectivity index (χ3v) is 3.94. The van der Waals surface area contributed by atoms with Crippen LogP contribution in [0.4, 0.5) is 0 Å². The summed E-state index contributed by atoms with van der Waals surface area (Å²) in [7, 11) is 4.71. The molecule has 0 bridgehead atoms. The summed E-state index contributed by atoms with van der Waals surface area (Å²) in [6.07, 6.45) is 1.58. The van der Waals surface area contributed by atoms with Crippen LogP contribution in [0.5, 0.6) is 11.5 Å². The normalized spacial score (nSPS) is 11.8. The van der Waals surface area contributed by atoms with Crippen LogP contribution in [0.2, 0.25) is 0 Å². The smallest absolute Gasteiger partial charge is 0.252 e. The van der Waals surface area contributed by atoms with Gasteiger partial charge in [-0.05, 0) is 18.1 Å². The van der Waals surface area contributed by atoms with Gasteiger partial charge in [0.15, 0.2) is 0 Å². The summed E-state index contributed by atoms with van der Waals surface area (Å²) in [5.74, 6) is 0.197. The first-order valence-electron chi connectivity index (χ1n) is 8.51. The maximum atomic E-state index is 12.6. The number of aryl methyl sites for hydroxylation is 1. The number of rotatable bonds is 8. The van der Waals surface area contributed by atoms with Crippen LogP contribution in [0.15, 0.2) is 24.4 Å². The Labute approximate surface area is 158 Å². The molecule has 0 saturated carbocycles. The summed E-state index contributed by atoms with van der Waals surface area (Å²) in [4.78, 5) is 26.6. The molecule has 1 aromatic carbocycles. The minimum absolute atomic E-state index is 0.108. The number of benzene rings is 1. The molecule has 27 heavy (non-hydrogen) atoms. The van der Waals surface area contributed by atoms with Gasteiger partial charge in [-0.2, -0.15) is 15.0 Å². The Hall–Kier alpha value is -3.10. The van der Waals surface area contributed by atoms with E-state index >= 15 is 0 Å². The van der Waals surface area contributed by atoms with E-state index in [-0.39, 0.29) is 24.3 Å². The van der Waals surface area contributed by atoms with E-state index in [0.29, 0.717) is 22.8 Å². The van der Waals surface area contributed by atoms with Crippen molar-refractivity contribution in [3.8, 4) is 11.5 Å². The first kappa shape index (κ1) is 20.2. The molecule has 1 atom stereocenters. The lowest BCUT2D eigenvalue weighted by Crippen LogP contribution is -2.49. The molecule has 2 rings (SSSR count). The number of hydrogen-bond donors (Lipinski definition) is 2. The first-order chi connectivity index (χ1) is 12.8. The number of aromatic nitrogens is 3. The summed E-state index contributed by atoms with van der Waals surface area (Å²) in [6, 6.07) is 4.15. The molecule has 146 valence electrons. The van der Waals surface area contributed by atoms with Crippen LogP contribution >= 0.6 is 0 Å². The maximum Gasteiger partial charge on any atom is 0.252 e. The second-order valence-electron chi connectivity index (χ2n) is 6.34. The van der Waals surface area contributed by atoms with Crippen molar-refractivity contribution >= 4 is 11.8 Å². The van der Waals surface area contributed by atoms with Crippen molar-refractivity contribution < 1.29 is 19.1 Å². The van der Waals surface area contributed by atoms with Gasteiger partial charge in [-0.3, -0.25) is 9.59 Å². The SMILES string of the molecule is COc1cc(OC)cc(C(=O)NC(C(=O)NCc2cnn(C)n2)C(C)C)c1. The van der Waals surface area contributed by atoms with Crippen LogP contribution in [0, 0.1) is 5.92 Å². The van der Waals surface area contributed by atoms with Gasteiger partial charge in [-0.25, -0.2) is 0 Å². The standard InChI is InChI=1S/C18H25N5O4/c1-11(2)16(18(25)19-9-13-10-20-23(3)22-13)21-17(24)12-6-14(26-4)8-15(7-12)27-5/h6-8,10-11,16H,9H2,1-5H3,(H,19,25)(H,21,24). The Bertz CT molecular complexity index is 781. The fourth-order valence-corrected chi connectivity index (χ4v) is 2.45. The van der Waals surface area contributed by atoms with Gasteiger partial charge in [0.2, 0.25) is 5.91 Å². The predicted octanol–water partition coefficient (Wildman–Crippen LogP) is 0.903. The molecule has 0 saturated heterocycles. The highest BCUT2D eigenvalue weighted by Gasteiger charge is 2.25. The molecule has 1 heterocycles. The molecule has 0 fully saturated rings. The van der Waals surface area contributed by atoms with Gasteiger partial charge in [-0.15, -0.1) is 0 Å². The van der Waals surface area contributed by atoms with Crippen molar-refractivity contribution in [3.05, 3.63) is 35.7 Å². The number of ether oxygens (including phenoxy) is 2. The molecule has 2 N–H and O–H groups in total. The van der Waals surface area contributed by atoms with Gasteiger partial charge in [0.05, 0.1) is 27.0 Å². The van der Waals surface area contributed by atoms with Crippen LogP contribution in [-0.2, 0) is 18.4 Å². The highest BCUT2D eigenvalue weighted by Crippen LogP contribution is 2.22. The zero-order chi connectivity index (χ0) is 20.0. The Morgan fingerprint density at radius 2 is 1.78 bits per heavy atom. The van der Waals surface area contributed by atoms with Gasteiger partial charge >= 0.3 is 0 Å². The van der Waals surface area contributed by atoms with Crippen molar-refractivity contribution in [3.63, 3.8) is 0 Å². The van der Waals surface area contributed by atoms with Gasteiger partial charge in [0.1, 0.15) is 23.2 Å². The maximum absolute atomic E-state index is 12.6. The highest BCUT2D eigenvalue weighted by atomic mass is 16.5. The van der Waals surface area contributed by atoms with Crippen LogP contribution in [-0.4, -0.2) is 47.1 Å². The van der Waals surface area contributed by atoms with Crippen LogP contribution in [0.25, 0.3) is 0 Å². The van der Waals surface area contributed by atoms with Gasteiger partial charge in [0.25, 0.3) is 5.91 Å². The number of amides is 2. The Morgan fingerprint density at radius 1 is 1.15 bits per heavy atom. The third kappa shape index (κ3) is 5.44. The fourth-order valence-electron chi connectivity index (χ4n) is 2.45. The van der Waals surface area contributed by atoms with E-state index in [1.165, 1.54) is 19.0 Å². The average molecular weight is 375 g/mol. The molecule has 2 aromatic rings. The average Bonchev–Trinajstić information content (AvgIpc) is 3.08. The minimum atomic E-state index is -0.702. The number of methoxy groups -OCH3 is 2. The third-order valence-electron chi connectivity index (χ3n) is 3.94. The van der Waals surface area contributed by atoms with E-state index in [1.54, 1.807) is 31.4 Å². The molecule has 0 radical (unpaired) electrons. The van der Waals surface area contributed by atoms with Crippen molar-refractivity contribution in [2.45, 2.75) is 26.4 Å². The Morgan fingerprint density at radius 3 is 2.26 bits per heavy atom. The number of nitrogens with one attached hydrogen (secondary N) is 2. The molecular formula is C18H25N5O4. The van der Waals surface area contributed by atoms with Gasteiger partial charge in [-0.1, -0.05) is 13.8 Å². The molecule has 1 unspecified atom stereocenters. The first-order valence-corrected chi connectivity index (χ1v) is 8.51. The lowest BCUT2D eigenvalue weighted by Gasteiger charge is -2.21. The van der Waals surface area contributed by atoms with Crippen LogP contribution < -0.4 is 20.1 Å². The molecule has 9 heteroatoms. The number of nitrogens with zero attached hydrogens (tertiary/aromatic N) is 3. The highest BCUT2D eigenvalue weighted by molar-refractivity contribution is 5.98. The van der Waals surface area contributed by atoms with E-state index < -0.39 is 6.04 Å². The molecule has 0 aliphatic heterocycles. The quantitative estimate of drug-likeness (QED) is 0.710. The second kappa shape index (κ2) is 9.02. The number of carbonyl (C=O) groups excluding carboxylic acids is 2. The predicted molar refractivity (Wildman–Crippen MR) is 98.5 cm³/mol. The summed E-state index contributed by atoms with van der Waals surface area (Å²) in [6.45, 7) is 3.96. The van der Waals surface area contributed by atoms with Gasteiger partial charge < -0.3 is 20.1 Å². The van der Waals surface area contributed by atoms with Crippen molar-refractivity contribution in [2.75, 3.05) is 14.2 Å². The molecule has 0 spiro atoms. The Kier molecular flexibility index (Phi) is 6.75.